The lowest BCUT2D eigenvalue weighted by molar-refractivity contribution is 0.355. The van der Waals surface area contributed by atoms with Crippen molar-refractivity contribution in [2.24, 2.45) is 10.7 Å². The van der Waals surface area contributed by atoms with E-state index in [0.717, 1.165) is 16.1 Å². The molecule has 3 rings (SSSR count). The van der Waals surface area contributed by atoms with Gasteiger partial charge in [0.25, 0.3) is 0 Å². The van der Waals surface area contributed by atoms with Crippen molar-refractivity contribution in [1.29, 1.82) is 0 Å². The lowest BCUT2D eigenvalue weighted by Crippen LogP contribution is -2.10. The summed E-state index contributed by atoms with van der Waals surface area (Å²) in [4.78, 5) is 9.96. The SMILES string of the molecule is COc1ccc(-c2csc(N=C(N)c3ccc(SC)s3)n2)cc1OC. The Hall–Kier alpha value is -2.03. The molecule has 0 amide bonds. The lowest BCUT2D eigenvalue weighted by Gasteiger charge is -2.08. The van der Waals surface area contributed by atoms with Crippen LogP contribution in [0.4, 0.5) is 5.13 Å². The summed E-state index contributed by atoms with van der Waals surface area (Å²) in [5.41, 5.74) is 7.87. The van der Waals surface area contributed by atoms with E-state index in [4.69, 9.17) is 15.2 Å². The van der Waals surface area contributed by atoms with Gasteiger partial charge in [0.05, 0.1) is 29.0 Å². The number of nitrogens with zero attached hydrogens (tertiary/aromatic N) is 2. The fourth-order valence-electron chi connectivity index (χ4n) is 2.17. The van der Waals surface area contributed by atoms with E-state index in [1.807, 2.05) is 42.0 Å². The minimum atomic E-state index is 0.485. The maximum absolute atomic E-state index is 6.11. The molecule has 0 atom stereocenters. The van der Waals surface area contributed by atoms with E-state index in [2.05, 4.69) is 9.98 Å². The Bertz CT molecular complexity index is 902. The number of amidine groups is 1. The van der Waals surface area contributed by atoms with Crippen molar-refractivity contribution in [3.63, 3.8) is 0 Å². The number of thiazole rings is 1. The van der Waals surface area contributed by atoms with Crippen LogP contribution < -0.4 is 15.2 Å². The highest BCUT2D eigenvalue weighted by Crippen LogP contribution is 2.34. The first-order chi connectivity index (χ1) is 12.1. The largest absolute Gasteiger partial charge is 0.493 e. The molecule has 0 fully saturated rings. The summed E-state index contributed by atoms with van der Waals surface area (Å²) in [5, 5.41) is 2.58. The molecule has 0 spiro atoms. The van der Waals surface area contributed by atoms with Crippen LogP contribution in [0.5, 0.6) is 11.5 Å². The van der Waals surface area contributed by atoms with Gasteiger partial charge in [-0.3, -0.25) is 0 Å². The van der Waals surface area contributed by atoms with E-state index in [1.165, 1.54) is 15.5 Å². The van der Waals surface area contributed by atoms with Gasteiger partial charge in [-0.05, 0) is 36.6 Å². The first kappa shape index (κ1) is 17.8. The van der Waals surface area contributed by atoms with E-state index >= 15 is 0 Å². The molecule has 2 heterocycles. The molecule has 130 valence electrons. The molecule has 1 aromatic carbocycles. The van der Waals surface area contributed by atoms with E-state index < -0.39 is 0 Å². The average molecular weight is 392 g/mol. The zero-order valence-corrected chi connectivity index (χ0v) is 16.4. The fraction of sp³-hybridized carbons (Fsp3) is 0.176. The molecule has 0 aliphatic heterocycles. The monoisotopic (exact) mass is 391 g/mol. The van der Waals surface area contributed by atoms with Gasteiger partial charge in [0.15, 0.2) is 11.5 Å². The van der Waals surface area contributed by atoms with Gasteiger partial charge in [-0.15, -0.1) is 34.4 Å². The summed E-state index contributed by atoms with van der Waals surface area (Å²) in [6, 6.07) is 9.73. The molecule has 5 nitrogen and oxygen atoms in total. The van der Waals surface area contributed by atoms with E-state index in [9.17, 15) is 0 Å². The number of thiophene rings is 1. The maximum atomic E-state index is 6.11. The third-order valence-electron chi connectivity index (χ3n) is 3.42. The number of aromatic nitrogens is 1. The molecule has 0 saturated heterocycles. The zero-order chi connectivity index (χ0) is 17.8. The predicted molar refractivity (Wildman–Crippen MR) is 107 cm³/mol. The lowest BCUT2D eigenvalue weighted by atomic mass is 10.1. The first-order valence-electron chi connectivity index (χ1n) is 7.31. The van der Waals surface area contributed by atoms with Crippen LogP contribution in [0, 0.1) is 0 Å². The summed E-state index contributed by atoms with van der Waals surface area (Å²) in [7, 11) is 3.23. The minimum Gasteiger partial charge on any atom is -0.493 e. The molecule has 3 aromatic rings. The topological polar surface area (TPSA) is 69.7 Å². The Kier molecular flexibility index (Phi) is 5.62. The van der Waals surface area contributed by atoms with Gasteiger partial charge in [-0.25, -0.2) is 9.98 Å². The molecule has 0 bridgehead atoms. The number of rotatable bonds is 6. The smallest absolute Gasteiger partial charge is 0.211 e. The van der Waals surface area contributed by atoms with Crippen LogP contribution in [0.1, 0.15) is 4.88 Å². The van der Waals surface area contributed by atoms with Gasteiger partial charge in [0.2, 0.25) is 5.13 Å². The highest BCUT2D eigenvalue weighted by atomic mass is 32.2. The number of thioether (sulfide) groups is 1. The molecule has 0 radical (unpaired) electrons. The highest BCUT2D eigenvalue weighted by molar-refractivity contribution is 8.00. The van der Waals surface area contributed by atoms with Crippen LogP contribution in [-0.2, 0) is 0 Å². The molecule has 0 saturated carbocycles. The van der Waals surface area contributed by atoms with Gasteiger partial charge in [-0.1, -0.05) is 0 Å². The number of ether oxygens (including phenoxy) is 2. The minimum absolute atomic E-state index is 0.485. The number of hydrogen-bond donors (Lipinski definition) is 1. The average Bonchev–Trinajstić information content (AvgIpc) is 3.30. The maximum Gasteiger partial charge on any atom is 0.211 e. The standard InChI is InChI=1S/C17H17N3O2S3/c1-21-12-5-4-10(8-13(12)22-2)11-9-24-17(19-11)20-16(18)14-6-7-15(23-3)25-14/h4-9H,1-3H3,(H2,18,19,20). The van der Waals surface area contributed by atoms with Crippen molar-refractivity contribution in [1.82, 2.24) is 4.98 Å². The van der Waals surface area contributed by atoms with Crippen LogP contribution in [0.2, 0.25) is 0 Å². The summed E-state index contributed by atoms with van der Waals surface area (Å²) >= 11 is 4.77. The quantitative estimate of drug-likeness (QED) is 0.376. The second-order valence-corrected chi connectivity index (χ2v) is 7.93. The molecule has 8 heteroatoms. The fourth-order valence-corrected chi connectivity index (χ4v) is 4.32. The van der Waals surface area contributed by atoms with Crippen molar-refractivity contribution in [2.45, 2.75) is 4.21 Å². The van der Waals surface area contributed by atoms with Crippen molar-refractivity contribution < 1.29 is 9.47 Å². The van der Waals surface area contributed by atoms with Gasteiger partial charge in [0, 0.05) is 10.9 Å². The molecule has 0 aliphatic carbocycles. The third-order valence-corrected chi connectivity index (χ3v) is 6.35. The number of methoxy groups -OCH3 is 2. The van der Waals surface area contributed by atoms with Crippen LogP contribution in [0.15, 0.2) is 44.9 Å². The summed E-state index contributed by atoms with van der Waals surface area (Å²) in [6.45, 7) is 0. The summed E-state index contributed by atoms with van der Waals surface area (Å²) < 4.78 is 11.8. The number of hydrogen-bond acceptors (Lipinski definition) is 7. The van der Waals surface area contributed by atoms with E-state index in [0.29, 0.717) is 22.5 Å². The third kappa shape index (κ3) is 3.97. The van der Waals surface area contributed by atoms with Crippen LogP contribution >= 0.6 is 34.4 Å². The molecule has 2 N–H and O–H groups in total. The van der Waals surface area contributed by atoms with Gasteiger partial charge in [-0.2, -0.15) is 0 Å². The molecular formula is C17H17N3O2S3. The number of aliphatic imine (C=N–C) groups is 1. The van der Waals surface area contributed by atoms with Crippen LogP contribution in [0.3, 0.4) is 0 Å². The Morgan fingerprint density at radius 2 is 1.96 bits per heavy atom. The van der Waals surface area contributed by atoms with E-state index in [-0.39, 0.29) is 0 Å². The predicted octanol–water partition coefficient (Wildman–Crippen LogP) is 4.65. The Morgan fingerprint density at radius 1 is 1.16 bits per heavy atom. The number of nitrogens with two attached hydrogens (primary N) is 1. The Morgan fingerprint density at radius 3 is 2.64 bits per heavy atom. The Balaban J connectivity index is 1.86. The normalized spacial score (nSPS) is 11.6. The summed E-state index contributed by atoms with van der Waals surface area (Å²) in [5.74, 6) is 1.84. The molecule has 2 aromatic heterocycles. The molecule has 0 aliphatic rings. The Labute approximate surface area is 158 Å². The molecule has 0 unspecified atom stereocenters. The second kappa shape index (κ2) is 7.90. The van der Waals surface area contributed by atoms with Crippen LogP contribution in [-0.4, -0.2) is 31.3 Å². The summed E-state index contributed by atoms with van der Waals surface area (Å²) in [6.07, 6.45) is 2.04. The molecule has 25 heavy (non-hydrogen) atoms. The van der Waals surface area contributed by atoms with Gasteiger partial charge >= 0.3 is 0 Å². The van der Waals surface area contributed by atoms with Crippen LogP contribution in [0.25, 0.3) is 11.3 Å². The van der Waals surface area contributed by atoms with Crippen molar-refractivity contribution in [3.05, 3.63) is 40.6 Å². The second-order valence-electron chi connectivity index (χ2n) is 4.90. The number of benzene rings is 1. The van der Waals surface area contributed by atoms with Crippen molar-refractivity contribution in [2.75, 3.05) is 20.5 Å². The zero-order valence-electron chi connectivity index (χ0n) is 14.0. The van der Waals surface area contributed by atoms with Gasteiger partial charge < -0.3 is 15.2 Å². The van der Waals surface area contributed by atoms with Crippen molar-refractivity contribution >= 4 is 45.4 Å². The van der Waals surface area contributed by atoms with E-state index in [1.54, 1.807) is 37.3 Å². The highest BCUT2D eigenvalue weighted by Gasteiger charge is 2.10. The molecular weight excluding hydrogens is 374 g/mol. The van der Waals surface area contributed by atoms with Gasteiger partial charge in [0.1, 0.15) is 5.84 Å². The first-order valence-corrected chi connectivity index (χ1v) is 10.2. The van der Waals surface area contributed by atoms with Crippen molar-refractivity contribution in [3.8, 4) is 22.8 Å².